The minimum absolute atomic E-state index is 0.0623. The number of fused-ring (bicyclic) bond motifs is 1. The number of ether oxygens (including phenoxy) is 2. The van der Waals surface area contributed by atoms with E-state index >= 15 is 4.39 Å². The molecule has 3 aromatic rings. The normalized spacial score (nSPS) is 19.6. The monoisotopic (exact) mass is 442 g/mol. The number of aliphatic hydroxyl groups excluding tert-OH is 1. The van der Waals surface area contributed by atoms with Crippen LogP contribution in [0, 0.1) is 5.82 Å². The Morgan fingerprint density at radius 1 is 1.19 bits per heavy atom. The Balaban J connectivity index is 2.02. The van der Waals surface area contributed by atoms with Gasteiger partial charge in [0, 0.05) is 28.3 Å². The number of aliphatic hydroxyl groups is 1. The van der Waals surface area contributed by atoms with E-state index in [9.17, 15) is 9.90 Å². The molecule has 0 spiro atoms. The second-order valence-electron chi connectivity index (χ2n) is 7.17. The van der Waals surface area contributed by atoms with E-state index in [-0.39, 0.29) is 45.3 Å². The molecule has 6 nitrogen and oxygen atoms in total. The van der Waals surface area contributed by atoms with E-state index in [0.29, 0.717) is 5.56 Å². The summed E-state index contributed by atoms with van der Waals surface area (Å²) in [5, 5.41) is 11.5. The molecule has 1 aliphatic rings. The molecule has 0 aliphatic carbocycles. The van der Waals surface area contributed by atoms with Crippen molar-refractivity contribution in [3.8, 4) is 22.6 Å². The van der Waals surface area contributed by atoms with Gasteiger partial charge in [-0.05, 0) is 29.8 Å². The Kier molecular flexibility index (Phi) is 5.35. The highest BCUT2D eigenvalue weighted by Crippen LogP contribution is 2.54. The summed E-state index contributed by atoms with van der Waals surface area (Å²) in [5.74, 6) is -1.51. The molecule has 0 fully saturated rings. The van der Waals surface area contributed by atoms with Crippen LogP contribution in [0.5, 0.6) is 11.5 Å². The summed E-state index contributed by atoms with van der Waals surface area (Å²) in [6.45, 7) is -0.0623. The van der Waals surface area contributed by atoms with Crippen LogP contribution in [0.25, 0.3) is 11.1 Å². The van der Waals surface area contributed by atoms with Gasteiger partial charge in [-0.15, -0.1) is 0 Å². The third-order valence-corrected chi connectivity index (χ3v) is 5.88. The van der Waals surface area contributed by atoms with Crippen LogP contribution in [-0.4, -0.2) is 24.7 Å². The molecular weight excluding hydrogens is 423 g/mol. The fraction of sp³-hybridized carbons (Fsp3) is 0.174. The van der Waals surface area contributed by atoms with Crippen LogP contribution in [0.2, 0.25) is 5.02 Å². The van der Waals surface area contributed by atoms with Crippen molar-refractivity contribution in [2.75, 3.05) is 13.7 Å². The highest BCUT2D eigenvalue weighted by molar-refractivity contribution is 6.34. The largest absolute Gasteiger partial charge is 0.494 e. The maximum Gasteiger partial charge on any atom is 0.249 e. The summed E-state index contributed by atoms with van der Waals surface area (Å²) < 4.78 is 26.6. The van der Waals surface area contributed by atoms with Crippen LogP contribution >= 0.6 is 11.6 Å². The summed E-state index contributed by atoms with van der Waals surface area (Å²) in [6, 6.07) is 14.7. The summed E-state index contributed by atoms with van der Waals surface area (Å²) in [5.41, 5.74) is 10.9. The standard InChI is InChI=1S/C23H20ClFN2O4/c1-30-16-9-7-13(22(27)29)17(20(16)25)18-14(24)8-10-15-19(18)21(28)23(11-26,31-15)12-5-3-2-4-6-12/h2-10,21,28H,11,26H2,1H3,(H2,27,29). The molecule has 0 saturated heterocycles. The van der Waals surface area contributed by atoms with Gasteiger partial charge >= 0.3 is 0 Å². The molecular formula is C23H20ClFN2O4. The van der Waals surface area contributed by atoms with Crippen LogP contribution in [0.1, 0.15) is 27.6 Å². The topological polar surface area (TPSA) is 108 Å². The minimum atomic E-state index is -1.31. The number of methoxy groups -OCH3 is 1. The van der Waals surface area contributed by atoms with Gasteiger partial charge in [0.2, 0.25) is 5.91 Å². The molecule has 1 aliphatic heterocycles. The van der Waals surface area contributed by atoms with Crippen molar-refractivity contribution in [1.29, 1.82) is 0 Å². The zero-order valence-electron chi connectivity index (χ0n) is 16.6. The lowest BCUT2D eigenvalue weighted by Gasteiger charge is -2.31. The van der Waals surface area contributed by atoms with Crippen LogP contribution < -0.4 is 20.9 Å². The Labute approximate surface area is 183 Å². The average molecular weight is 443 g/mol. The van der Waals surface area contributed by atoms with Crippen LogP contribution in [0.4, 0.5) is 4.39 Å². The Hall–Kier alpha value is -3.13. The van der Waals surface area contributed by atoms with Crippen LogP contribution in [0.15, 0.2) is 54.6 Å². The number of primary amides is 1. The molecule has 160 valence electrons. The lowest BCUT2D eigenvalue weighted by molar-refractivity contribution is -0.0256. The molecule has 4 rings (SSSR count). The van der Waals surface area contributed by atoms with Crippen LogP contribution in [0.3, 0.4) is 0 Å². The van der Waals surface area contributed by atoms with Gasteiger partial charge < -0.3 is 26.0 Å². The first-order chi connectivity index (χ1) is 14.9. The van der Waals surface area contributed by atoms with Gasteiger partial charge in [-0.3, -0.25) is 4.79 Å². The lowest BCUT2D eigenvalue weighted by Crippen LogP contribution is -2.42. The third kappa shape index (κ3) is 3.13. The maximum atomic E-state index is 15.4. The fourth-order valence-electron chi connectivity index (χ4n) is 4.05. The average Bonchev–Trinajstić information content (AvgIpc) is 3.07. The quantitative estimate of drug-likeness (QED) is 0.560. The van der Waals surface area contributed by atoms with Crippen molar-refractivity contribution in [1.82, 2.24) is 0 Å². The number of hydrogen-bond acceptors (Lipinski definition) is 5. The molecule has 1 amide bonds. The summed E-state index contributed by atoms with van der Waals surface area (Å²) in [4.78, 5) is 12.1. The second-order valence-corrected chi connectivity index (χ2v) is 7.57. The zero-order valence-corrected chi connectivity index (χ0v) is 17.3. The summed E-state index contributed by atoms with van der Waals surface area (Å²) >= 11 is 6.48. The van der Waals surface area contributed by atoms with Crippen molar-refractivity contribution < 1.29 is 23.8 Å². The first-order valence-electron chi connectivity index (χ1n) is 9.47. The van der Waals surface area contributed by atoms with Gasteiger partial charge in [-0.25, -0.2) is 4.39 Å². The first-order valence-corrected chi connectivity index (χ1v) is 9.85. The Bertz CT molecular complexity index is 1170. The molecule has 0 aromatic heterocycles. The van der Waals surface area contributed by atoms with Gasteiger partial charge in [0.25, 0.3) is 0 Å². The molecule has 0 saturated carbocycles. The molecule has 8 heteroatoms. The van der Waals surface area contributed by atoms with Crippen molar-refractivity contribution in [3.63, 3.8) is 0 Å². The molecule has 5 N–H and O–H groups in total. The second kappa shape index (κ2) is 7.85. The maximum absolute atomic E-state index is 15.4. The predicted molar refractivity (Wildman–Crippen MR) is 115 cm³/mol. The van der Waals surface area contributed by atoms with Crippen molar-refractivity contribution in [2.45, 2.75) is 11.7 Å². The minimum Gasteiger partial charge on any atom is -0.494 e. The Morgan fingerprint density at radius 3 is 2.52 bits per heavy atom. The van der Waals surface area contributed by atoms with Gasteiger partial charge in [0.05, 0.1) is 12.7 Å². The smallest absolute Gasteiger partial charge is 0.249 e. The van der Waals surface area contributed by atoms with Gasteiger partial charge in [0.15, 0.2) is 17.2 Å². The van der Waals surface area contributed by atoms with E-state index in [1.807, 2.05) is 6.07 Å². The fourth-order valence-corrected chi connectivity index (χ4v) is 4.31. The number of carbonyl (C=O) groups excluding carboxylic acids is 1. The van der Waals surface area contributed by atoms with Crippen LogP contribution in [-0.2, 0) is 5.60 Å². The molecule has 3 aromatic carbocycles. The van der Waals surface area contributed by atoms with Gasteiger partial charge in [-0.2, -0.15) is 0 Å². The van der Waals surface area contributed by atoms with E-state index < -0.39 is 23.4 Å². The molecule has 0 radical (unpaired) electrons. The molecule has 0 bridgehead atoms. The van der Waals surface area contributed by atoms with E-state index in [1.165, 1.54) is 25.3 Å². The molecule has 31 heavy (non-hydrogen) atoms. The number of benzene rings is 3. The Morgan fingerprint density at radius 2 is 1.90 bits per heavy atom. The van der Waals surface area contributed by atoms with Crippen molar-refractivity contribution >= 4 is 17.5 Å². The van der Waals surface area contributed by atoms with Gasteiger partial charge in [0.1, 0.15) is 11.9 Å². The van der Waals surface area contributed by atoms with E-state index in [2.05, 4.69) is 0 Å². The number of carbonyl (C=O) groups is 1. The highest BCUT2D eigenvalue weighted by atomic mass is 35.5. The SMILES string of the molecule is COc1ccc(C(N)=O)c(-c2c(Cl)ccc3c2C(O)C(CN)(c2ccccc2)O3)c1F. The number of amides is 1. The predicted octanol–water partition coefficient (Wildman–Crippen LogP) is 3.53. The summed E-state index contributed by atoms with van der Waals surface area (Å²) in [6.07, 6.45) is -1.30. The summed E-state index contributed by atoms with van der Waals surface area (Å²) in [7, 11) is 1.30. The molecule has 2 atom stereocenters. The number of halogens is 2. The molecule has 2 unspecified atom stereocenters. The van der Waals surface area contributed by atoms with E-state index in [4.69, 9.17) is 32.5 Å². The van der Waals surface area contributed by atoms with Crippen molar-refractivity contribution in [3.05, 3.63) is 82.1 Å². The third-order valence-electron chi connectivity index (χ3n) is 5.57. The number of nitrogens with two attached hydrogens (primary N) is 2. The highest BCUT2D eigenvalue weighted by Gasteiger charge is 2.50. The molecule has 1 heterocycles. The van der Waals surface area contributed by atoms with Crippen molar-refractivity contribution in [2.24, 2.45) is 11.5 Å². The van der Waals surface area contributed by atoms with Gasteiger partial charge in [-0.1, -0.05) is 41.9 Å². The first kappa shape index (κ1) is 21.1. The van der Waals surface area contributed by atoms with E-state index in [0.717, 1.165) is 0 Å². The zero-order chi connectivity index (χ0) is 22.3. The number of hydrogen-bond donors (Lipinski definition) is 3. The lowest BCUT2D eigenvalue weighted by atomic mass is 9.83. The van der Waals surface area contributed by atoms with E-state index in [1.54, 1.807) is 30.3 Å². The number of rotatable bonds is 5.